The summed E-state index contributed by atoms with van der Waals surface area (Å²) in [6.45, 7) is 3.03. The topological polar surface area (TPSA) is 101 Å². The molecule has 24 heavy (non-hydrogen) atoms. The number of sulfonamides is 1. The van der Waals surface area contributed by atoms with Gasteiger partial charge in [-0.2, -0.15) is 0 Å². The van der Waals surface area contributed by atoms with E-state index in [9.17, 15) is 13.2 Å². The van der Waals surface area contributed by atoms with Crippen LogP contribution in [-0.4, -0.2) is 27.4 Å². The average molecular weight is 376 g/mol. The van der Waals surface area contributed by atoms with Gasteiger partial charge in [-0.3, -0.25) is 4.79 Å². The molecule has 2 rings (SSSR count). The summed E-state index contributed by atoms with van der Waals surface area (Å²) in [7, 11) is -3.43. The van der Waals surface area contributed by atoms with Crippen molar-refractivity contribution in [2.45, 2.75) is 37.6 Å². The summed E-state index contributed by atoms with van der Waals surface area (Å²) >= 11 is 0. The van der Waals surface area contributed by atoms with Gasteiger partial charge in [-0.15, -0.1) is 12.4 Å². The first-order chi connectivity index (χ1) is 11.0. The summed E-state index contributed by atoms with van der Waals surface area (Å²) in [5, 5.41) is 2.93. The Labute approximate surface area is 150 Å². The fraction of sp³-hybridized carbons (Fsp3) is 0.562. The van der Waals surface area contributed by atoms with E-state index in [4.69, 9.17) is 5.73 Å². The molecule has 1 amide bonds. The lowest BCUT2D eigenvalue weighted by Crippen LogP contribution is -2.34. The van der Waals surface area contributed by atoms with Crippen LogP contribution in [0.2, 0.25) is 0 Å². The van der Waals surface area contributed by atoms with Gasteiger partial charge in [0.25, 0.3) is 0 Å². The average Bonchev–Trinajstić information content (AvgIpc) is 3.01. The Bertz CT molecular complexity index is 634. The number of nitrogens with two attached hydrogens (primary N) is 1. The zero-order valence-corrected chi connectivity index (χ0v) is 15.5. The predicted octanol–water partition coefficient (Wildman–Crippen LogP) is 1.40. The minimum atomic E-state index is -3.43. The summed E-state index contributed by atoms with van der Waals surface area (Å²) in [5.41, 5.74) is 6.58. The van der Waals surface area contributed by atoms with Crippen molar-refractivity contribution < 1.29 is 13.2 Å². The van der Waals surface area contributed by atoms with Crippen LogP contribution in [0.25, 0.3) is 0 Å². The summed E-state index contributed by atoms with van der Waals surface area (Å²) in [4.78, 5) is 12.5. The van der Waals surface area contributed by atoms with E-state index in [1.54, 1.807) is 31.2 Å². The minimum absolute atomic E-state index is 0. The van der Waals surface area contributed by atoms with E-state index >= 15 is 0 Å². The minimum Gasteiger partial charge on any atom is -0.352 e. The lowest BCUT2D eigenvalue weighted by molar-refractivity contribution is -0.126. The van der Waals surface area contributed by atoms with Crippen molar-refractivity contribution in [3.8, 4) is 0 Å². The number of carbonyl (C=O) groups excluding carboxylic acids is 1. The van der Waals surface area contributed by atoms with Crippen molar-refractivity contribution in [3.63, 3.8) is 0 Å². The predicted molar refractivity (Wildman–Crippen MR) is 96.3 cm³/mol. The molecule has 0 heterocycles. The molecule has 1 saturated carbocycles. The number of nitrogens with one attached hydrogen (secondary N) is 2. The number of hydrogen-bond acceptors (Lipinski definition) is 4. The van der Waals surface area contributed by atoms with E-state index < -0.39 is 10.0 Å². The Kier molecular flexibility index (Phi) is 8.15. The van der Waals surface area contributed by atoms with E-state index in [1.165, 1.54) is 0 Å². The van der Waals surface area contributed by atoms with Gasteiger partial charge in [0.1, 0.15) is 0 Å². The van der Waals surface area contributed by atoms with E-state index in [2.05, 4.69) is 10.0 Å². The Balaban J connectivity index is 0.00000288. The molecule has 1 aromatic rings. The number of hydrogen-bond donors (Lipinski definition) is 3. The van der Waals surface area contributed by atoms with Crippen molar-refractivity contribution in [1.29, 1.82) is 0 Å². The second kappa shape index (κ2) is 9.36. The normalized spacial score (nSPS) is 20.4. The summed E-state index contributed by atoms with van der Waals surface area (Å²) in [5.74, 6) is 0.332. The lowest BCUT2D eigenvalue weighted by atomic mass is 9.95. The highest BCUT2D eigenvalue weighted by Crippen LogP contribution is 2.30. The zero-order chi connectivity index (χ0) is 16.9. The van der Waals surface area contributed by atoms with Crippen LogP contribution < -0.4 is 15.8 Å². The molecule has 0 radical (unpaired) electrons. The van der Waals surface area contributed by atoms with Gasteiger partial charge < -0.3 is 11.1 Å². The van der Waals surface area contributed by atoms with E-state index in [0.29, 0.717) is 19.6 Å². The molecule has 136 valence electrons. The Morgan fingerprint density at radius 2 is 1.92 bits per heavy atom. The van der Waals surface area contributed by atoms with Crippen molar-refractivity contribution in [3.05, 3.63) is 29.8 Å². The molecule has 6 nitrogen and oxygen atoms in total. The molecule has 1 aliphatic carbocycles. The molecule has 0 aromatic heterocycles. The molecule has 1 fully saturated rings. The van der Waals surface area contributed by atoms with E-state index in [0.717, 1.165) is 24.8 Å². The third kappa shape index (κ3) is 5.17. The second-order valence-corrected chi connectivity index (χ2v) is 7.66. The van der Waals surface area contributed by atoms with Crippen LogP contribution >= 0.6 is 12.4 Å². The molecule has 2 atom stereocenters. The van der Waals surface area contributed by atoms with Crippen molar-refractivity contribution in [2.24, 2.45) is 17.6 Å². The van der Waals surface area contributed by atoms with Crippen molar-refractivity contribution in [2.75, 3.05) is 13.1 Å². The monoisotopic (exact) mass is 375 g/mol. The van der Waals surface area contributed by atoms with Gasteiger partial charge in [0.2, 0.25) is 15.9 Å². The standard InChI is InChI=1S/C16H25N3O3S.ClH/c1-2-19-23(21,22)14-8-6-12(7-9-14)11-18-16(20)15-5-3-4-13(15)10-17;/h6-9,13,15,19H,2-5,10-11,17H2,1H3,(H,18,20);1H/t13-,15-;/m1./s1. The van der Waals surface area contributed by atoms with Crippen LogP contribution in [0, 0.1) is 11.8 Å². The smallest absolute Gasteiger partial charge is 0.240 e. The molecule has 0 saturated heterocycles. The van der Waals surface area contributed by atoms with Crippen molar-refractivity contribution >= 4 is 28.3 Å². The molecular formula is C16H26ClN3O3S. The Morgan fingerprint density at radius 1 is 1.25 bits per heavy atom. The molecule has 1 aliphatic rings. The number of carbonyl (C=O) groups is 1. The summed E-state index contributed by atoms with van der Waals surface area (Å²) in [6.07, 6.45) is 2.97. The number of amides is 1. The van der Waals surface area contributed by atoms with Gasteiger partial charge in [0.15, 0.2) is 0 Å². The Hall–Kier alpha value is -1.15. The van der Waals surface area contributed by atoms with Crippen LogP contribution in [0.4, 0.5) is 0 Å². The lowest BCUT2D eigenvalue weighted by Gasteiger charge is -2.17. The third-order valence-corrected chi connectivity index (χ3v) is 5.89. The number of benzene rings is 1. The molecule has 0 aliphatic heterocycles. The van der Waals surface area contributed by atoms with Crippen LogP contribution in [0.3, 0.4) is 0 Å². The molecule has 0 bridgehead atoms. The first kappa shape index (κ1) is 20.9. The van der Waals surface area contributed by atoms with Gasteiger partial charge in [0, 0.05) is 19.0 Å². The highest BCUT2D eigenvalue weighted by molar-refractivity contribution is 7.89. The first-order valence-electron chi connectivity index (χ1n) is 8.04. The third-order valence-electron chi connectivity index (χ3n) is 4.33. The van der Waals surface area contributed by atoms with Crippen LogP contribution in [0.1, 0.15) is 31.7 Å². The molecule has 8 heteroatoms. The molecule has 4 N–H and O–H groups in total. The SMILES string of the molecule is CCNS(=O)(=O)c1ccc(CNC(=O)[C@@H]2CCC[C@@H]2CN)cc1.Cl. The molecular weight excluding hydrogens is 350 g/mol. The van der Waals surface area contributed by atoms with Gasteiger partial charge in [-0.1, -0.05) is 25.5 Å². The zero-order valence-electron chi connectivity index (χ0n) is 13.8. The molecule has 0 spiro atoms. The highest BCUT2D eigenvalue weighted by atomic mass is 35.5. The molecule has 1 aromatic carbocycles. The quantitative estimate of drug-likeness (QED) is 0.670. The van der Waals surface area contributed by atoms with Crippen LogP contribution in [0.5, 0.6) is 0 Å². The highest BCUT2D eigenvalue weighted by Gasteiger charge is 2.31. The van der Waals surface area contributed by atoms with Gasteiger partial charge in [0.05, 0.1) is 4.90 Å². The second-order valence-electron chi connectivity index (χ2n) is 5.90. The van der Waals surface area contributed by atoms with Crippen molar-refractivity contribution in [1.82, 2.24) is 10.0 Å². The maximum atomic E-state index is 12.2. The van der Waals surface area contributed by atoms with E-state index in [-0.39, 0.29) is 35.0 Å². The first-order valence-corrected chi connectivity index (χ1v) is 9.52. The van der Waals surface area contributed by atoms with Gasteiger partial charge in [-0.25, -0.2) is 13.1 Å². The van der Waals surface area contributed by atoms with Gasteiger partial charge >= 0.3 is 0 Å². The largest absolute Gasteiger partial charge is 0.352 e. The van der Waals surface area contributed by atoms with Crippen LogP contribution in [-0.2, 0) is 21.4 Å². The van der Waals surface area contributed by atoms with E-state index in [1.807, 2.05) is 0 Å². The van der Waals surface area contributed by atoms with Crippen LogP contribution in [0.15, 0.2) is 29.2 Å². The maximum Gasteiger partial charge on any atom is 0.240 e. The Morgan fingerprint density at radius 3 is 2.50 bits per heavy atom. The fourth-order valence-electron chi connectivity index (χ4n) is 3.04. The summed E-state index contributed by atoms with van der Waals surface area (Å²) < 4.78 is 26.2. The number of rotatable bonds is 7. The van der Waals surface area contributed by atoms with Gasteiger partial charge in [-0.05, 0) is 43.0 Å². The molecule has 0 unspecified atom stereocenters. The fourth-order valence-corrected chi connectivity index (χ4v) is 4.09. The number of halogens is 1. The maximum absolute atomic E-state index is 12.2. The summed E-state index contributed by atoms with van der Waals surface area (Å²) in [6, 6.07) is 6.55.